The van der Waals surface area contributed by atoms with Gasteiger partial charge in [-0.05, 0) is 47.1 Å². The number of rotatable bonds is 9. The van der Waals surface area contributed by atoms with Crippen LogP contribution in [0.25, 0.3) is 11.0 Å². The number of carbonyl (C=O) groups is 2. The number of carbonyl (C=O) groups excluding carboxylic acids is 2. The van der Waals surface area contributed by atoms with E-state index in [1.165, 1.54) is 0 Å². The first-order valence-corrected chi connectivity index (χ1v) is 14.7. The van der Waals surface area contributed by atoms with E-state index in [1.54, 1.807) is 21.3 Å². The first-order chi connectivity index (χ1) is 19.8. The molecule has 4 aromatic rings. The zero-order valence-electron chi connectivity index (χ0n) is 26.3. The summed E-state index contributed by atoms with van der Waals surface area (Å²) in [5, 5.41) is 23.5. The maximum absolute atomic E-state index is 14.0. The molecule has 0 bridgehead atoms. The summed E-state index contributed by atoms with van der Waals surface area (Å²) in [6, 6.07) is 19.8. The Hall–Kier alpha value is -3.65. The van der Waals surface area contributed by atoms with Crippen molar-refractivity contribution >= 4 is 39.7 Å². The van der Waals surface area contributed by atoms with E-state index in [9.17, 15) is 20.1 Å². The number of Topliss-reactive ketones (excluding diaryl/α,β-unsaturated/α-hetero) is 1. The van der Waals surface area contributed by atoms with E-state index in [1.807, 2.05) is 96.1 Å². The lowest BCUT2D eigenvalue weighted by Gasteiger charge is -2.28. The van der Waals surface area contributed by atoms with Crippen LogP contribution in [0.3, 0.4) is 0 Å². The van der Waals surface area contributed by atoms with Gasteiger partial charge in [0.15, 0.2) is 5.78 Å². The molecule has 3 N–H and O–H groups in total. The lowest BCUT2D eigenvalue weighted by Crippen LogP contribution is -2.39. The second kappa shape index (κ2) is 13.3. The molecule has 0 saturated carbocycles. The number of phenolic OH excluding ortho intramolecular Hbond substituents is 1. The first kappa shape index (κ1) is 33.8. The van der Waals surface area contributed by atoms with Gasteiger partial charge in [0.05, 0.1) is 17.6 Å². The number of imidazole rings is 1. The lowest BCUT2D eigenvalue weighted by molar-refractivity contribution is -0.123. The number of amides is 1. The second-order valence-corrected chi connectivity index (χ2v) is 13.1. The van der Waals surface area contributed by atoms with Gasteiger partial charge in [-0.2, -0.15) is 0 Å². The first-order valence-electron chi connectivity index (χ1n) is 14.7. The second-order valence-electron chi connectivity index (χ2n) is 13.1. The van der Waals surface area contributed by atoms with Crippen molar-refractivity contribution in [3.63, 3.8) is 0 Å². The Morgan fingerprint density at radius 1 is 0.884 bits per heavy atom. The highest BCUT2D eigenvalue weighted by atomic mass is 79.9. The smallest absolute Gasteiger partial charge is 0.247 e. The Morgan fingerprint density at radius 2 is 1.42 bits per heavy atom. The minimum Gasteiger partial charge on any atom is -0.507 e. The van der Waals surface area contributed by atoms with E-state index >= 15 is 0 Å². The zero-order valence-corrected chi connectivity index (χ0v) is 28.0. The SMILES string of the molecule is Br.CCCCNC(=O)C(c1ccccc1)n1c(=N)n(CC(=O)c2cc(C(C)(C)C)c(O)c(C(C)(C)C)c2)c2ccccc21. The fourth-order valence-corrected chi connectivity index (χ4v) is 5.39. The number of nitrogens with one attached hydrogen (secondary N) is 2. The highest BCUT2D eigenvalue weighted by Crippen LogP contribution is 2.40. The quantitative estimate of drug-likeness (QED) is 0.132. The van der Waals surface area contributed by atoms with Gasteiger partial charge in [-0.25, -0.2) is 0 Å². The summed E-state index contributed by atoms with van der Waals surface area (Å²) in [6.45, 7) is 14.6. The number of phenols is 1. The fraction of sp³-hybridized carbons (Fsp3) is 0.400. The molecule has 230 valence electrons. The van der Waals surface area contributed by atoms with Gasteiger partial charge in [-0.15, -0.1) is 17.0 Å². The third-order valence-electron chi connectivity index (χ3n) is 7.72. The summed E-state index contributed by atoms with van der Waals surface area (Å²) in [5.74, 6) is -0.140. The zero-order chi connectivity index (χ0) is 30.8. The summed E-state index contributed by atoms with van der Waals surface area (Å²) in [7, 11) is 0. The molecule has 0 aliphatic rings. The van der Waals surface area contributed by atoms with E-state index in [-0.39, 0.29) is 57.4 Å². The minimum absolute atomic E-state index is 0. The van der Waals surface area contributed by atoms with Crippen LogP contribution >= 0.6 is 17.0 Å². The topological polar surface area (TPSA) is 100 Å². The number of nitrogens with zero attached hydrogens (tertiary/aromatic N) is 2. The number of aromatic hydroxyl groups is 1. The molecule has 1 aromatic heterocycles. The molecular weight excluding hydrogens is 604 g/mol. The normalized spacial score (nSPS) is 12.5. The molecule has 0 saturated heterocycles. The maximum atomic E-state index is 14.0. The van der Waals surface area contributed by atoms with Crippen molar-refractivity contribution in [3.05, 3.63) is 94.6 Å². The largest absolute Gasteiger partial charge is 0.507 e. The summed E-state index contributed by atoms with van der Waals surface area (Å²) in [5.41, 5.74) is 3.39. The molecule has 0 fully saturated rings. The van der Waals surface area contributed by atoms with Crippen LogP contribution in [0.2, 0.25) is 0 Å². The van der Waals surface area contributed by atoms with Gasteiger partial charge in [-0.3, -0.25) is 19.6 Å². The highest BCUT2D eigenvalue weighted by Gasteiger charge is 2.30. The monoisotopic (exact) mass is 648 g/mol. The number of ketones is 1. The van der Waals surface area contributed by atoms with Gasteiger partial charge in [0.1, 0.15) is 11.8 Å². The van der Waals surface area contributed by atoms with Crippen molar-refractivity contribution in [2.75, 3.05) is 6.54 Å². The predicted molar refractivity (Wildman–Crippen MR) is 178 cm³/mol. The van der Waals surface area contributed by atoms with Crippen molar-refractivity contribution in [3.8, 4) is 5.75 Å². The molecule has 1 unspecified atom stereocenters. The maximum Gasteiger partial charge on any atom is 0.247 e. The van der Waals surface area contributed by atoms with Crippen LogP contribution in [0, 0.1) is 5.41 Å². The van der Waals surface area contributed by atoms with Gasteiger partial charge >= 0.3 is 0 Å². The molecule has 1 amide bonds. The van der Waals surface area contributed by atoms with Crippen LogP contribution in [0.4, 0.5) is 0 Å². The number of unbranched alkanes of at least 4 members (excludes halogenated alkanes) is 1. The molecule has 0 aliphatic carbocycles. The van der Waals surface area contributed by atoms with Gasteiger partial charge in [0, 0.05) is 23.2 Å². The summed E-state index contributed by atoms with van der Waals surface area (Å²) >= 11 is 0. The summed E-state index contributed by atoms with van der Waals surface area (Å²) in [6.07, 6.45) is 1.82. The fourth-order valence-electron chi connectivity index (χ4n) is 5.39. The van der Waals surface area contributed by atoms with Gasteiger partial charge in [-0.1, -0.05) is 97.4 Å². The highest BCUT2D eigenvalue weighted by molar-refractivity contribution is 8.93. The minimum atomic E-state index is -0.773. The van der Waals surface area contributed by atoms with Crippen LogP contribution in [-0.4, -0.2) is 32.5 Å². The lowest BCUT2D eigenvalue weighted by atomic mass is 9.78. The van der Waals surface area contributed by atoms with Crippen molar-refractivity contribution < 1.29 is 14.7 Å². The molecule has 0 spiro atoms. The standard InChI is InChI=1S/C35H44N4O3.BrH/c1-8-9-19-37-32(42)30(23-15-11-10-12-16-23)39-28-18-14-13-17-27(28)38(33(39)36)22-29(40)24-20-25(34(2,3)4)31(41)26(21-24)35(5,6)7;/h10-18,20-21,30,36,41H,8-9,19,22H2,1-7H3,(H,37,42);1H. The Bertz CT molecular complexity index is 1620. The number of aromatic nitrogens is 2. The third kappa shape index (κ3) is 7.12. The third-order valence-corrected chi connectivity index (χ3v) is 7.72. The van der Waals surface area contributed by atoms with Crippen LogP contribution in [0.1, 0.15) is 94.4 Å². The molecule has 43 heavy (non-hydrogen) atoms. The van der Waals surface area contributed by atoms with Crippen molar-refractivity contribution in [2.24, 2.45) is 0 Å². The van der Waals surface area contributed by atoms with Crippen LogP contribution < -0.4 is 10.9 Å². The molecule has 4 rings (SSSR count). The van der Waals surface area contributed by atoms with Crippen molar-refractivity contribution in [1.82, 2.24) is 14.5 Å². The Morgan fingerprint density at radius 3 is 1.95 bits per heavy atom. The molecule has 8 heteroatoms. The number of benzene rings is 3. The summed E-state index contributed by atoms with van der Waals surface area (Å²) < 4.78 is 3.39. The van der Waals surface area contributed by atoms with E-state index in [0.717, 1.165) is 18.4 Å². The Labute approximate surface area is 265 Å². The average molecular weight is 650 g/mol. The molecule has 0 aliphatic heterocycles. The van der Waals surface area contributed by atoms with Crippen LogP contribution in [0.5, 0.6) is 5.75 Å². The Balaban J connectivity index is 0.00000506. The van der Waals surface area contributed by atoms with E-state index in [2.05, 4.69) is 12.2 Å². The number of hydrogen-bond acceptors (Lipinski definition) is 4. The van der Waals surface area contributed by atoms with Crippen molar-refractivity contribution in [2.45, 2.75) is 84.7 Å². The van der Waals surface area contributed by atoms with Gasteiger partial charge in [0.25, 0.3) is 0 Å². The van der Waals surface area contributed by atoms with Crippen molar-refractivity contribution in [1.29, 1.82) is 5.41 Å². The molecule has 1 heterocycles. The van der Waals surface area contributed by atoms with Gasteiger partial charge in [0.2, 0.25) is 11.5 Å². The number of halogens is 1. The van der Waals surface area contributed by atoms with E-state index < -0.39 is 6.04 Å². The molecule has 7 nitrogen and oxygen atoms in total. The summed E-state index contributed by atoms with van der Waals surface area (Å²) in [4.78, 5) is 27.6. The number of hydrogen-bond donors (Lipinski definition) is 3. The van der Waals surface area contributed by atoms with E-state index in [0.29, 0.717) is 34.3 Å². The van der Waals surface area contributed by atoms with E-state index in [4.69, 9.17) is 0 Å². The average Bonchev–Trinajstić information content (AvgIpc) is 3.19. The molecular formula is C35H45BrN4O3. The Kier molecular flexibility index (Phi) is 10.5. The predicted octanol–water partition coefficient (Wildman–Crippen LogP) is 7.19. The molecule has 1 atom stereocenters. The number of fused-ring (bicyclic) bond motifs is 1. The van der Waals surface area contributed by atoms with Gasteiger partial charge < -0.3 is 15.0 Å². The van der Waals surface area contributed by atoms with Crippen LogP contribution in [0.15, 0.2) is 66.7 Å². The van der Waals surface area contributed by atoms with Crippen LogP contribution in [-0.2, 0) is 22.2 Å². The number of para-hydroxylation sites is 2. The molecule has 3 aromatic carbocycles. The molecule has 0 radical (unpaired) electrons.